The highest BCUT2D eigenvalue weighted by Crippen LogP contribution is 2.54. The Balaban J connectivity index is 1.65. The van der Waals surface area contributed by atoms with E-state index in [0.29, 0.717) is 10.5 Å². The van der Waals surface area contributed by atoms with E-state index in [1.807, 2.05) is 0 Å². The lowest BCUT2D eigenvalue weighted by atomic mass is 9.82. The zero-order valence-corrected chi connectivity index (χ0v) is 26.4. The van der Waals surface area contributed by atoms with Gasteiger partial charge in [0.15, 0.2) is 0 Å². The fourth-order valence-corrected chi connectivity index (χ4v) is 13.0. The van der Waals surface area contributed by atoms with Gasteiger partial charge < -0.3 is 0 Å². The minimum Gasteiger partial charge on any atom is -0.149 e. The van der Waals surface area contributed by atoms with Gasteiger partial charge in [-0.25, -0.2) is 0 Å². The van der Waals surface area contributed by atoms with E-state index in [1.54, 1.807) is 22.3 Å². The summed E-state index contributed by atoms with van der Waals surface area (Å²) >= 11 is 4.38. The first-order valence-electron chi connectivity index (χ1n) is 13.4. The van der Waals surface area contributed by atoms with E-state index in [9.17, 15) is 0 Å². The monoisotopic (exact) mass is 544 g/mol. The van der Waals surface area contributed by atoms with Crippen LogP contribution in [0, 0.1) is 0 Å². The Hall–Kier alpha value is -1.47. The largest absolute Gasteiger partial charge is 0.149 e. The van der Waals surface area contributed by atoms with Crippen molar-refractivity contribution in [2.24, 2.45) is 0 Å². The Morgan fingerprint density at radius 2 is 0.778 bits per heavy atom. The van der Waals surface area contributed by atoms with Crippen molar-refractivity contribution in [1.82, 2.24) is 0 Å². The van der Waals surface area contributed by atoms with Crippen LogP contribution in [-0.2, 0) is 0 Å². The van der Waals surface area contributed by atoms with Crippen molar-refractivity contribution < 1.29 is 0 Å². The predicted molar refractivity (Wildman–Crippen MR) is 173 cm³/mol. The first-order chi connectivity index (χ1) is 17.1. The molecule has 4 heteroatoms. The zero-order chi connectivity index (χ0) is 25.5. The lowest BCUT2D eigenvalue weighted by Crippen LogP contribution is -2.22. The van der Waals surface area contributed by atoms with E-state index in [4.69, 9.17) is 0 Å². The Labute approximate surface area is 228 Å². The number of hydrogen-bond donors (Lipinski definition) is 0. The maximum atomic E-state index is 2.53. The van der Waals surface area contributed by atoms with Gasteiger partial charge in [0.2, 0.25) is 0 Å². The lowest BCUT2D eigenvalue weighted by Gasteiger charge is -2.35. The molecule has 0 nitrogen and oxygen atoms in total. The van der Waals surface area contributed by atoms with Crippen LogP contribution in [0.25, 0.3) is 21.5 Å². The zero-order valence-electron chi connectivity index (χ0n) is 22.7. The molecule has 0 unspecified atom stereocenters. The van der Waals surface area contributed by atoms with Gasteiger partial charge in [-0.1, -0.05) is 87.8 Å². The van der Waals surface area contributed by atoms with E-state index in [2.05, 4.69) is 136 Å². The average Bonchev–Trinajstić information content (AvgIpc) is 2.81. The molecule has 4 aromatic rings. The van der Waals surface area contributed by atoms with Crippen molar-refractivity contribution in [3.05, 3.63) is 95.1 Å². The summed E-state index contributed by atoms with van der Waals surface area (Å²) in [7, 11) is -2.16. The Bertz CT molecular complexity index is 1190. The highest BCUT2D eigenvalue weighted by Gasteiger charge is 2.34. The first kappa shape index (κ1) is 26.2. The number of rotatable bonds is 8. The normalized spacial score (nSPS) is 17.8. The summed E-state index contributed by atoms with van der Waals surface area (Å²) in [5, 5.41) is 6.33. The van der Waals surface area contributed by atoms with Crippen molar-refractivity contribution in [3.8, 4) is 0 Å². The molecule has 0 N–H and O–H groups in total. The van der Waals surface area contributed by atoms with Crippen LogP contribution in [0.2, 0.25) is 51.4 Å². The maximum absolute atomic E-state index is 2.53. The number of thioether (sulfide) groups is 2. The quantitative estimate of drug-likeness (QED) is 0.202. The molecule has 0 aliphatic heterocycles. The van der Waals surface area contributed by atoms with Gasteiger partial charge in [-0.3, -0.25) is 0 Å². The molecule has 0 aromatic heterocycles. The number of benzene rings is 4. The minimum absolute atomic E-state index is 0.411. The minimum atomic E-state index is -1.08. The number of fused-ring (bicyclic) bond motifs is 4. The molecule has 36 heavy (non-hydrogen) atoms. The molecule has 5 rings (SSSR count). The van der Waals surface area contributed by atoms with Crippen LogP contribution in [0.5, 0.6) is 0 Å². The molecule has 0 saturated heterocycles. The van der Waals surface area contributed by atoms with Gasteiger partial charge in [-0.15, -0.1) is 23.5 Å². The smallest absolute Gasteiger partial charge is 0.0553 e. The van der Waals surface area contributed by atoms with Crippen LogP contribution < -0.4 is 0 Å². The van der Waals surface area contributed by atoms with Crippen LogP contribution in [0.3, 0.4) is 0 Å². The number of hydrogen-bond acceptors (Lipinski definition) is 2. The molecule has 1 aliphatic rings. The Morgan fingerprint density at radius 3 is 1.03 bits per heavy atom. The van der Waals surface area contributed by atoms with E-state index in [-0.39, 0.29) is 0 Å². The molecule has 0 amide bonds. The molecule has 0 bridgehead atoms. The molecule has 4 aromatic carbocycles. The van der Waals surface area contributed by atoms with Gasteiger partial charge in [0.1, 0.15) is 0 Å². The summed E-state index contributed by atoms with van der Waals surface area (Å²) in [4.78, 5) is 0. The maximum Gasteiger partial charge on any atom is 0.0553 e. The molecule has 0 radical (unpaired) electrons. The van der Waals surface area contributed by atoms with Gasteiger partial charge in [-0.05, 0) is 91.7 Å². The summed E-state index contributed by atoms with van der Waals surface area (Å²) in [6.45, 7) is 15.0. The van der Waals surface area contributed by atoms with E-state index < -0.39 is 16.1 Å². The van der Waals surface area contributed by atoms with Crippen molar-refractivity contribution in [2.45, 2.75) is 61.9 Å². The van der Waals surface area contributed by atoms with Gasteiger partial charge in [0.05, 0.1) is 10.5 Å². The Morgan fingerprint density at radius 1 is 0.500 bits per heavy atom. The molecule has 0 spiro atoms. The standard InChI is InChI=1S/C32H40S2Si2/c1-35(2,3)17-15-33-31-27-19-23-11-7-9-13-25(23)21-29(27)32(34-16-18-36(4,5)6)30-22-26-14-10-8-12-24(26)20-28(30)31/h7-14,19-22,31-32H,15-18H2,1-6H3. The van der Waals surface area contributed by atoms with Gasteiger partial charge >= 0.3 is 0 Å². The van der Waals surface area contributed by atoms with Crippen LogP contribution in [-0.4, -0.2) is 27.7 Å². The summed E-state index contributed by atoms with van der Waals surface area (Å²) < 4.78 is 0. The molecular formula is C32H40S2Si2. The van der Waals surface area contributed by atoms with Crippen molar-refractivity contribution in [1.29, 1.82) is 0 Å². The molecule has 0 fully saturated rings. The molecule has 1 aliphatic carbocycles. The van der Waals surface area contributed by atoms with E-state index >= 15 is 0 Å². The van der Waals surface area contributed by atoms with Gasteiger partial charge in [0, 0.05) is 16.1 Å². The summed E-state index contributed by atoms with van der Waals surface area (Å²) in [6.07, 6.45) is 0. The Kier molecular flexibility index (Phi) is 7.53. The van der Waals surface area contributed by atoms with Crippen LogP contribution >= 0.6 is 23.5 Å². The highest BCUT2D eigenvalue weighted by atomic mass is 32.2. The second kappa shape index (κ2) is 10.4. The van der Waals surface area contributed by atoms with Gasteiger partial charge in [-0.2, -0.15) is 0 Å². The lowest BCUT2D eigenvalue weighted by molar-refractivity contribution is 0.975. The van der Waals surface area contributed by atoms with Gasteiger partial charge in [0.25, 0.3) is 0 Å². The average molecular weight is 545 g/mol. The van der Waals surface area contributed by atoms with E-state index in [0.717, 1.165) is 0 Å². The first-order valence-corrected chi connectivity index (χ1v) is 22.9. The summed E-state index contributed by atoms with van der Waals surface area (Å²) in [6, 6.07) is 30.8. The SMILES string of the molecule is C[Si](C)(C)CCSC1c2cc3ccccc3cc2C(SCC[Si](C)(C)C)c2cc3ccccc3cc21. The highest BCUT2D eigenvalue weighted by molar-refractivity contribution is 8.00. The third kappa shape index (κ3) is 5.82. The summed E-state index contributed by atoms with van der Waals surface area (Å²) in [5.74, 6) is 2.48. The molecule has 0 saturated carbocycles. The van der Waals surface area contributed by atoms with Crippen molar-refractivity contribution in [2.75, 3.05) is 11.5 Å². The second-order valence-electron chi connectivity index (χ2n) is 12.8. The topological polar surface area (TPSA) is 0 Å². The second-order valence-corrected chi connectivity index (χ2v) is 26.4. The van der Waals surface area contributed by atoms with Crippen LogP contribution in [0.1, 0.15) is 32.8 Å². The fourth-order valence-electron chi connectivity index (χ4n) is 5.12. The van der Waals surface area contributed by atoms with Crippen molar-refractivity contribution >= 4 is 61.2 Å². The summed E-state index contributed by atoms with van der Waals surface area (Å²) in [5.41, 5.74) is 6.23. The molecule has 188 valence electrons. The fraction of sp³-hybridized carbons (Fsp3) is 0.375. The van der Waals surface area contributed by atoms with Crippen molar-refractivity contribution in [3.63, 3.8) is 0 Å². The van der Waals surface area contributed by atoms with Crippen LogP contribution in [0.15, 0.2) is 72.8 Å². The molecule has 0 heterocycles. The van der Waals surface area contributed by atoms with E-state index in [1.165, 1.54) is 45.1 Å². The molecule has 0 atom stereocenters. The predicted octanol–water partition coefficient (Wildman–Crippen LogP) is 10.6. The molecular weight excluding hydrogens is 505 g/mol. The third-order valence-electron chi connectivity index (χ3n) is 7.31. The van der Waals surface area contributed by atoms with Crippen LogP contribution in [0.4, 0.5) is 0 Å². The third-order valence-corrected chi connectivity index (χ3v) is 14.1.